The Hall–Kier alpha value is -2.18. The highest BCUT2D eigenvalue weighted by atomic mass is 79.9. The number of halogens is 1. The lowest BCUT2D eigenvalue weighted by atomic mass is 10.1. The molecular formula is C20H19BrN2O2S. The van der Waals surface area contributed by atoms with E-state index in [1.165, 1.54) is 11.3 Å². The van der Waals surface area contributed by atoms with E-state index < -0.39 is 0 Å². The molecular weight excluding hydrogens is 412 g/mol. The van der Waals surface area contributed by atoms with Crippen LogP contribution in [0.25, 0.3) is 11.3 Å². The van der Waals surface area contributed by atoms with Gasteiger partial charge in [-0.25, -0.2) is 4.98 Å². The number of thiazole rings is 1. The van der Waals surface area contributed by atoms with Crippen LogP contribution < -0.4 is 10.1 Å². The Morgan fingerprint density at radius 2 is 1.88 bits per heavy atom. The summed E-state index contributed by atoms with van der Waals surface area (Å²) in [5, 5.41) is 5.45. The molecule has 3 aromatic rings. The third-order valence-corrected chi connectivity index (χ3v) is 5.05. The van der Waals surface area contributed by atoms with Gasteiger partial charge in [0.1, 0.15) is 5.75 Å². The first kappa shape index (κ1) is 18.6. The van der Waals surface area contributed by atoms with Crippen molar-refractivity contribution in [3.8, 4) is 17.0 Å². The van der Waals surface area contributed by atoms with E-state index in [1.807, 2.05) is 60.8 Å². The zero-order valence-electron chi connectivity index (χ0n) is 14.4. The number of nitrogens with zero attached hydrogens (tertiary/aromatic N) is 1. The summed E-state index contributed by atoms with van der Waals surface area (Å²) in [4.78, 5) is 16.7. The summed E-state index contributed by atoms with van der Waals surface area (Å²) in [6, 6.07) is 15.8. The molecule has 26 heavy (non-hydrogen) atoms. The lowest BCUT2D eigenvalue weighted by molar-refractivity contribution is -0.116. The van der Waals surface area contributed by atoms with Gasteiger partial charge in [0.2, 0.25) is 5.91 Å². The maximum Gasteiger partial charge on any atom is 0.226 e. The molecule has 1 N–H and O–H groups in total. The molecule has 0 bridgehead atoms. The molecule has 0 unspecified atom stereocenters. The van der Waals surface area contributed by atoms with Gasteiger partial charge in [-0.2, -0.15) is 0 Å². The Balaban J connectivity index is 1.52. The summed E-state index contributed by atoms with van der Waals surface area (Å²) in [5.41, 5.74) is 3.00. The summed E-state index contributed by atoms with van der Waals surface area (Å²) in [6.45, 7) is 2.61. The number of carbonyl (C=O) groups is 1. The van der Waals surface area contributed by atoms with Crippen LogP contribution in [0.15, 0.2) is 58.4 Å². The van der Waals surface area contributed by atoms with Crippen molar-refractivity contribution < 1.29 is 9.53 Å². The molecule has 3 rings (SSSR count). The van der Waals surface area contributed by atoms with E-state index in [4.69, 9.17) is 4.74 Å². The van der Waals surface area contributed by atoms with Gasteiger partial charge in [-0.3, -0.25) is 4.79 Å². The Morgan fingerprint density at radius 1 is 1.15 bits per heavy atom. The molecule has 0 radical (unpaired) electrons. The zero-order valence-corrected chi connectivity index (χ0v) is 16.8. The number of nitrogens with one attached hydrogen (secondary N) is 1. The van der Waals surface area contributed by atoms with Crippen LogP contribution in [0.1, 0.15) is 18.9 Å². The monoisotopic (exact) mass is 430 g/mol. The van der Waals surface area contributed by atoms with Crippen molar-refractivity contribution in [2.24, 2.45) is 0 Å². The summed E-state index contributed by atoms with van der Waals surface area (Å²) in [6.07, 6.45) is 1.10. The zero-order chi connectivity index (χ0) is 18.4. The number of hydrogen-bond donors (Lipinski definition) is 1. The lowest BCUT2D eigenvalue weighted by Gasteiger charge is -2.05. The Labute approximate surface area is 165 Å². The van der Waals surface area contributed by atoms with Crippen LogP contribution >= 0.6 is 27.3 Å². The van der Waals surface area contributed by atoms with Crippen molar-refractivity contribution in [2.45, 2.75) is 19.8 Å². The molecule has 0 atom stereocenters. The third-order valence-electron chi connectivity index (χ3n) is 3.77. The lowest BCUT2D eigenvalue weighted by Crippen LogP contribution is -2.12. The number of aryl methyl sites for hydroxylation is 1. The molecule has 6 heteroatoms. The standard InChI is InChI=1S/C20H19BrN2O2S/c1-2-25-17-10-3-14(4-11-17)5-12-19(24)23-20-22-18(13-26-20)15-6-8-16(21)9-7-15/h3-4,6-11,13H,2,5,12H2,1H3,(H,22,23,24). The van der Waals surface area contributed by atoms with Gasteiger partial charge in [-0.15, -0.1) is 11.3 Å². The average molecular weight is 431 g/mol. The van der Waals surface area contributed by atoms with Gasteiger partial charge < -0.3 is 10.1 Å². The predicted molar refractivity (Wildman–Crippen MR) is 110 cm³/mol. The minimum Gasteiger partial charge on any atom is -0.494 e. The smallest absolute Gasteiger partial charge is 0.226 e. The second kappa shape index (κ2) is 8.96. The molecule has 0 aliphatic heterocycles. The Morgan fingerprint density at radius 3 is 2.58 bits per heavy atom. The fourth-order valence-corrected chi connectivity index (χ4v) is 3.44. The van der Waals surface area contributed by atoms with E-state index >= 15 is 0 Å². The van der Waals surface area contributed by atoms with Gasteiger partial charge >= 0.3 is 0 Å². The van der Waals surface area contributed by atoms with Gasteiger partial charge in [0, 0.05) is 21.8 Å². The van der Waals surface area contributed by atoms with Gasteiger partial charge in [0.05, 0.1) is 12.3 Å². The number of amides is 1. The van der Waals surface area contributed by atoms with Crippen molar-refractivity contribution in [3.05, 3.63) is 63.9 Å². The SMILES string of the molecule is CCOc1ccc(CCC(=O)Nc2nc(-c3ccc(Br)cc3)cs2)cc1. The van der Waals surface area contributed by atoms with Crippen LogP contribution in [0.3, 0.4) is 0 Å². The minimum atomic E-state index is -0.0319. The van der Waals surface area contributed by atoms with Gasteiger partial charge in [-0.1, -0.05) is 40.2 Å². The van der Waals surface area contributed by atoms with Gasteiger partial charge in [0.25, 0.3) is 0 Å². The van der Waals surface area contributed by atoms with E-state index in [9.17, 15) is 4.79 Å². The Kier molecular flexibility index (Phi) is 6.41. The molecule has 2 aromatic carbocycles. The average Bonchev–Trinajstić information content (AvgIpc) is 3.10. The molecule has 1 amide bonds. The molecule has 0 saturated heterocycles. The van der Waals surface area contributed by atoms with E-state index in [2.05, 4.69) is 26.2 Å². The van der Waals surface area contributed by atoms with Crippen LogP contribution in [-0.2, 0) is 11.2 Å². The summed E-state index contributed by atoms with van der Waals surface area (Å²) in [7, 11) is 0. The molecule has 0 spiro atoms. The number of aromatic nitrogens is 1. The van der Waals surface area contributed by atoms with Crippen molar-refractivity contribution in [1.29, 1.82) is 0 Å². The third kappa shape index (κ3) is 5.16. The fraction of sp³-hybridized carbons (Fsp3) is 0.200. The minimum absolute atomic E-state index is 0.0319. The molecule has 0 aliphatic rings. The van der Waals surface area contributed by atoms with Gasteiger partial charge in [-0.05, 0) is 43.2 Å². The van der Waals surface area contributed by atoms with Crippen molar-refractivity contribution in [1.82, 2.24) is 4.98 Å². The van der Waals surface area contributed by atoms with Crippen molar-refractivity contribution in [3.63, 3.8) is 0 Å². The summed E-state index contributed by atoms with van der Waals surface area (Å²) < 4.78 is 6.45. The van der Waals surface area contributed by atoms with Crippen LogP contribution in [-0.4, -0.2) is 17.5 Å². The number of carbonyl (C=O) groups excluding carboxylic acids is 1. The summed E-state index contributed by atoms with van der Waals surface area (Å²) in [5.74, 6) is 0.819. The number of hydrogen-bond acceptors (Lipinski definition) is 4. The molecule has 4 nitrogen and oxygen atoms in total. The van der Waals surface area contributed by atoms with Crippen molar-refractivity contribution >= 4 is 38.3 Å². The molecule has 0 saturated carbocycles. The maximum atomic E-state index is 12.2. The van der Waals surface area contributed by atoms with Crippen LogP contribution in [0.2, 0.25) is 0 Å². The fourth-order valence-electron chi connectivity index (χ4n) is 2.44. The molecule has 1 heterocycles. The van der Waals surface area contributed by atoms with Gasteiger partial charge in [0.15, 0.2) is 5.13 Å². The summed E-state index contributed by atoms with van der Waals surface area (Å²) >= 11 is 4.86. The largest absolute Gasteiger partial charge is 0.494 e. The molecule has 0 aliphatic carbocycles. The molecule has 134 valence electrons. The molecule has 0 fully saturated rings. The van der Waals surface area contributed by atoms with E-state index in [-0.39, 0.29) is 5.91 Å². The highest BCUT2D eigenvalue weighted by Gasteiger charge is 2.08. The predicted octanol–water partition coefficient (Wildman–Crippen LogP) is 5.54. The van der Waals surface area contributed by atoms with Crippen LogP contribution in [0, 0.1) is 0 Å². The first-order valence-electron chi connectivity index (χ1n) is 8.37. The highest BCUT2D eigenvalue weighted by molar-refractivity contribution is 9.10. The normalized spacial score (nSPS) is 10.5. The quantitative estimate of drug-likeness (QED) is 0.534. The number of rotatable bonds is 7. The van der Waals surface area contributed by atoms with Crippen LogP contribution in [0.5, 0.6) is 5.75 Å². The number of ether oxygens (including phenoxy) is 1. The van der Waals surface area contributed by atoms with E-state index in [0.29, 0.717) is 24.6 Å². The highest BCUT2D eigenvalue weighted by Crippen LogP contribution is 2.26. The number of benzene rings is 2. The molecule has 1 aromatic heterocycles. The second-order valence-corrected chi connectivity index (χ2v) is 7.44. The first-order chi connectivity index (χ1) is 12.6. The first-order valence-corrected chi connectivity index (χ1v) is 10.0. The van der Waals surface area contributed by atoms with Crippen LogP contribution in [0.4, 0.5) is 5.13 Å². The second-order valence-electron chi connectivity index (χ2n) is 5.67. The van der Waals surface area contributed by atoms with Crippen molar-refractivity contribution in [2.75, 3.05) is 11.9 Å². The Bertz CT molecular complexity index is 860. The maximum absolute atomic E-state index is 12.2. The van der Waals surface area contributed by atoms with E-state index in [1.54, 1.807) is 0 Å². The van der Waals surface area contributed by atoms with E-state index in [0.717, 1.165) is 27.0 Å². The topological polar surface area (TPSA) is 51.2 Å². The number of anilines is 1.